The van der Waals surface area contributed by atoms with Crippen LogP contribution in [0.1, 0.15) is 53.4 Å². The lowest BCUT2D eigenvalue weighted by atomic mass is 9.97. The second kappa shape index (κ2) is 12.8. The van der Waals surface area contributed by atoms with Crippen LogP contribution in [0.5, 0.6) is 0 Å². The van der Waals surface area contributed by atoms with E-state index in [1.807, 2.05) is 18.7 Å². The van der Waals surface area contributed by atoms with Crippen molar-refractivity contribution in [3.05, 3.63) is 0 Å². The molecule has 0 aromatic rings. The van der Waals surface area contributed by atoms with E-state index in [-0.39, 0.29) is 35.8 Å². The van der Waals surface area contributed by atoms with Gasteiger partial charge in [0.05, 0.1) is 0 Å². The van der Waals surface area contributed by atoms with E-state index >= 15 is 0 Å². The molecule has 2 rings (SSSR count). The number of halogens is 1. The smallest absolute Gasteiger partial charge is 0.225 e. The Balaban J connectivity index is 0.00000364. The molecule has 0 saturated carbocycles. The summed E-state index contributed by atoms with van der Waals surface area (Å²) in [6.07, 6.45) is 4.75. The molecule has 2 saturated heterocycles. The van der Waals surface area contributed by atoms with E-state index in [0.717, 1.165) is 38.6 Å². The maximum atomic E-state index is 12.2. The zero-order valence-electron chi connectivity index (χ0n) is 17.7. The summed E-state index contributed by atoms with van der Waals surface area (Å²) in [6, 6.07) is 0.307. The van der Waals surface area contributed by atoms with Crippen LogP contribution < -0.4 is 10.6 Å². The fourth-order valence-electron chi connectivity index (χ4n) is 3.89. The van der Waals surface area contributed by atoms with Crippen molar-refractivity contribution in [2.75, 3.05) is 45.8 Å². The first-order chi connectivity index (χ1) is 12.5. The first-order valence-electron chi connectivity index (χ1n) is 10.6. The molecule has 0 radical (unpaired) electrons. The molecule has 1 amide bonds. The number of amides is 1. The van der Waals surface area contributed by atoms with Crippen LogP contribution in [0.25, 0.3) is 0 Å². The third-order valence-electron chi connectivity index (χ3n) is 5.43. The average Bonchev–Trinajstić information content (AvgIpc) is 3.09. The Morgan fingerprint density at radius 1 is 1.15 bits per heavy atom. The third kappa shape index (κ3) is 8.13. The molecule has 0 spiro atoms. The SMILES string of the molecule is CCCN1CCC(CN=C(NCC)NC2CCN(C(=O)C(C)C)C2)CC1.I. The highest BCUT2D eigenvalue weighted by atomic mass is 127. The number of carbonyl (C=O) groups is 1. The number of likely N-dealkylation sites (tertiary alicyclic amines) is 2. The zero-order chi connectivity index (χ0) is 18.9. The van der Waals surface area contributed by atoms with Crippen molar-refractivity contribution in [3.63, 3.8) is 0 Å². The monoisotopic (exact) mass is 493 g/mol. The molecule has 0 aliphatic carbocycles. The summed E-state index contributed by atoms with van der Waals surface area (Å²) in [5.74, 6) is 1.94. The summed E-state index contributed by atoms with van der Waals surface area (Å²) in [6.45, 7) is 15.4. The molecule has 2 fully saturated rings. The summed E-state index contributed by atoms with van der Waals surface area (Å²) in [5, 5.41) is 6.91. The normalized spacial score (nSPS) is 22.0. The number of nitrogens with one attached hydrogen (secondary N) is 2. The first-order valence-corrected chi connectivity index (χ1v) is 10.6. The highest BCUT2D eigenvalue weighted by Crippen LogP contribution is 2.18. The van der Waals surface area contributed by atoms with E-state index < -0.39 is 0 Å². The minimum Gasteiger partial charge on any atom is -0.357 e. The van der Waals surface area contributed by atoms with Gasteiger partial charge in [0.1, 0.15) is 0 Å². The largest absolute Gasteiger partial charge is 0.357 e. The van der Waals surface area contributed by atoms with Crippen molar-refractivity contribution in [1.29, 1.82) is 0 Å². The average molecular weight is 493 g/mol. The lowest BCUT2D eigenvalue weighted by Gasteiger charge is -2.31. The Morgan fingerprint density at radius 3 is 2.44 bits per heavy atom. The Morgan fingerprint density at radius 2 is 1.85 bits per heavy atom. The van der Waals surface area contributed by atoms with E-state index in [9.17, 15) is 4.79 Å². The number of aliphatic imine (C=N–C) groups is 1. The number of carbonyl (C=O) groups excluding carboxylic acids is 1. The van der Waals surface area contributed by atoms with E-state index in [4.69, 9.17) is 4.99 Å². The molecule has 0 aromatic heterocycles. The standard InChI is InChI=1S/C20H39N5O.HI/c1-5-10-24-11-7-17(8-12-24)14-22-20(21-6-2)23-18-9-13-25(15-18)19(26)16(3)4;/h16-18H,5-15H2,1-4H3,(H2,21,22,23);1H. The quantitative estimate of drug-likeness (QED) is 0.325. The van der Waals surface area contributed by atoms with Gasteiger partial charge in [-0.3, -0.25) is 9.79 Å². The van der Waals surface area contributed by atoms with Crippen molar-refractivity contribution in [3.8, 4) is 0 Å². The lowest BCUT2D eigenvalue weighted by molar-refractivity contribution is -0.133. The Bertz CT molecular complexity index is 463. The van der Waals surface area contributed by atoms with E-state index in [1.165, 1.54) is 38.9 Å². The van der Waals surface area contributed by atoms with Crippen molar-refractivity contribution in [2.45, 2.75) is 59.4 Å². The van der Waals surface area contributed by atoms with Gasteiger partial charge in [-0.05, 0) is 58.2 Å². The maximum absolute atomic E-state index is 12.2. The number of hydrogen-bond donors (Lipinski definition) is 2. The predicted octanol–water partition coefficient (Wildman–Crippen LogP) is 2.54. The maximum Gasteiger partial charge on any atom is 0.225 e. The summed E-state index contributed by atoms with van der Waals surface area (Å²) in [5.41, 5.74) is 0. The number of nitrogens with zero attached hydrogens (tertiary/aromatic N) is 3. The third-order valence-corrected chi connectivity index (χ3v) is 5.43. The highest BCUT2D eigenvalue weighted by molar-refractivity contribution is 14.0. The molecule has 27 heavy (non-hydrogen) atoms. The van der Waals surface area contributed by atoms with E-state index in [2.05, 4.69) is 29.4 Å². The van der Waals surface area contributed by atoms with Gasteiger partial charge in [0.25, 0.3) is 0 Å². The van der Waals surface area contributed by atoms with Crippen molar-refractivity contribution in [1.82, 2.24) is 20.4 Å². The van der Waals surface area contributed by atoms with Gasteiger partial charge in [0.15, 0.2) is 5.96 Å². The lowest BCUT2D eigenvalue weighted by Crippen LogP contribution is -2.45. The van der Waals surface area contributed by atoms with Crippen LogP contribution >= 0.6 is 24.0 Å². The van der Waals surface area contributed by atoms with Crippen LogP contribution in [-0.2, 0) is 4.79 Å². The van der Waals surface area contributed by atoms with Crippen LogP contribution in [0.4, 0.5) is 0 Å². The zero-order valence-corrected chi connectivity index (χ0v) is 20.0. The van der Waals surface area contributed by atoms with Crippen LogP contribution in [0, 0.1) is 11.8 Å². The van der Waals surface area contributed by atoms with Gasteiger partial charge < -0.3 is 20.4 Å². The Kier molecular flexibility index (Phi) is 11.6. The molecule has 2 aliphatic heterocycles. The molecule has 6 nitrogen and oxygen atoms in total. The molecule has 1 unspecified atom stereocenters. The molecule has 0 bridgehead atoms. The summed E-state index contributed by atoms with van der Waals surface area (Å²) >= 11 is 0. The summed E-state index contributed by atoms with van der Waals surface area (Å²) in [4.78, 5) is 21.6. The second-order valence-corrected chi connectivity index (χ2v) is 8.07. The topological polar surface area (TPSA) is 60.0 Å². The number of guanidine groups is 1. The van der Waals surface area contributed by atoms with E-state index in [0.29, 0.717) is 12.0 Å². The van der Waals surface area contributed by atoms with E-state index in [1.54, 1.807) is 0 Å². The number of hydrogen-bond acceptors (Lipinski definition) is 3. The molecule has 158 valence electrons. The molecular formula is C20H40IN5O. The van der Waals surface area contributed by atoms with Gasteiger partial charge in [-0.2, -0.15) is 0 Å². The number of piperidine rings is 1. The minimum absolute atomic E-state index is 0. The molecule has 0 aromatic carbocycles. The predicted molar refractivity (Wildman–Crippen MR) is 124 cm³/mol. The Labute approximate surface area is 182 Å². The molecular weight excluding hydrogens is 453 g/mol. The second-order valence-electron chi connectivity index (χ2n) is 8.07. The van der Waals surface area contributed by atoms with Gasteiger partial charge >= 0.3 is 0 Å². The Hall–Kier alpha value is -0.570. The molecule has 2 N–H and O–H groups in total. The van der Waals surface area contributed by atoms with Crippen molar-refractivity contribution < 1.29 is 4.79 Å². The van der Waals surface area contributed by atoms with Crippen LogP contribution in [0.15, 0.2) is 4.99 Å². The molecule has 2 aliphatic rings. The van der Waals surface area contributed by atoms with Crippen LogP contribution in [0.2, 0.25) is 0 Å². The molecule has 2 heterocycles. The molecule has 7 heteroatoms. The van der Waals surface area contributed by atoms with Crippen molar-refractivity contribution in [2.24, 2.45) is 16.8 Å². The van der Waals surface area contributed by atoms with Gasteiger partial charge in [-0.15, -0.1) is 24.0 Å². The van der Waals surface area contributed by atoms with Crippen molar-refractivity contribution >= 4 is 35.8 Å². The molecule has 1 atom stereocenters. The fraction of sp³-hybridized carbons (Fsp3) is 0.900. The summed E-state index contributed by atoms with van der Waals surface area (Å²) < 4.78 is 0. The minimum atomic E-state index is 0. The van der Waals surface area contributed by atoms with Crippen LogP contribution in [0.3, 0.4) is 0 Å². The van der Waals surface area contributed by atoms with Crippen LogP contribution in [-0.4, -0.2) is 73.5 Å². The van der Waals surface area contributed by atoms with Gasteiger partial charge in [0.2, 0.25) is 5.91 Å². The highest BCUT2D eigenvalue weighted by Gasteiger charge is 2.28. The van der Waals surface area contributed by atoms with Gasteiger partial charge in [-0.25, -0.2) is 0 Å². The summed E-state index contributed by atoms with van der Waals surface area (Å²) in [7, 11) is 0. The fourth-order valence-corrected chi connectivity index (χ4v) is 3.89. The number of rotatable bonds is 7. The first kappa shape index (κ1) is 24.5. The van der Waals surface area contributed by atoms with Gasteiger partial charge in [-0.1, -0.05) is 20.8 Å². The van der Waals surface area contributed by atoms with Gasteiger partial charge in [0, 0.05) is 38.1 Å².